The summed E-state index contributed by atoms with van der Waals surface area (Å²) in [7, 11) is 0. The molecular formula is C25H29I. The Morgan fingerprint density at radius 1 is 1.00 bits per heavy atom. The van der Waals surface area contributed by atoms with E-state index in [1.807, 2.05) is 0 Å². The molecule has 0 radical (unpaired) electrons. The molecule has 0 fully saturated rings. The van der Waals surface area contributed by atoms with Crippen molar-refractivity contribution in [2.75, 3.05) is 0 Å². The number of hydrogen-bond donors (Lipinski definition) is 0. The first-order chi connectivity index (χ1) is 12.5. The summed E-state index contributed by atoms with van der Waals surface area (Å²) in [5.41, 5.74) is 6.91. The first-order valence-electron chi connectivity index (χ1n) is 10.4. The van der Waals surface area contributed by atoms with Crippen LogP contribution in [0, 0.1) is 29.1 Å². The summed E-state index contributed by atoms with van der Waals surface area (Å²) in [6, 6.07) is 0. The number of hydrogen-bond acceptors (Lipinski definition) is 0. The van der Waals surface area contributed by atoms with E-state index in [1.54, 1.807) is 22.3 Å². The van der Waals surface area contributed by atoms with Gasteiger partial charge in [-0.25, -0.2) is 0 Å². The Kier molecular flexibility index (Phi) is 4.23. The molecule has 5 aliphatic rings. The fourth-order valence-corrected chi connectivity index (χ4v) is 6.88. The predicted molar refractivity (Wildman–Crippen MR) is 119 cm³/mol. The highest BCUT2D eigenvalue weighted by molar-refractivity contribution is 14.1. The highest BCUT2D eigenvalue weighted by Gasteiger charge is 2.45. The molecule has 0 aromatic rings. The molecule has 0 bridgehead atoms. The summed E-state index contributed by atoms with van der Waals surface area (Å²) in [6.45, 7) is 4.99. The van der Waals surface area contributed by atoms with Gasteiger partial charge in [-0.15, -0.1) is 0 Å². The second kappa shape index (κ2) is 6.36. The van der Waals surface area contributed by atoms with Gasteiger partial charge in [-0.3, -0.25) is 0 Å². The average Bonchev–Trinajstić information content (AvgIpc) is 2.89. The molecule has 136 valence electrons. The minimum atomic E-state index is 0.325. The molecule has 1 heteroatoms. The molecule has 26 heavy (non-hydrogen) atoms. The SMILES string of the molecule is CC1(C)C2=C(C=CCC2)C2=CC=C(C3C=CC4CC(I)C=CC4C3)CC21. The molecule has 0 aromatic heterocycles. The van der Waals surface area contributed by atoms with E-state index in [0.717, 1.165) is 15.8 Å². The standard InChI is InChI=1S/C25H29I/c1-25(2)23-6-4-3-5-21(23)22-12-10-19(15-24(22)25)16-7-8-18-14-20(26)11-9-17(18)13-16/h3,5,7-12,16-18,20,24H,4,6,13-15H2,1-2H3. The first kappa shape index (κ1) is 17.3. The lowest BCUT2D eigenvalue weighted by atomic mass is 9.67. The van der Waals surface area contributed by atoms with Gasteiger partial charge in [0, 0.05) is 3.92 Å². The minimum absolute atomic E-state index is 0.325. The molecule has 5 rings (SSSR count). The summed E-state index contributed by atoms with van der Waals surface area (Å²) in [5.74, 6) is 2.86. The Hall–Kier alpha value is -0.830. The van der Waals surface area contributed by atoms with Gasteiger partial charge in [0.05, 0.1) is 0 Å². The van der Waals surface area contributed by atoms with Crippen LogP contribution < -0.4 is 0 Å². The number of rotatable bonds is 1. The third-order valence-electron chi connectivity index (χ3n) is 7.63. The smallest absolute Gasteiger partial charge is 0.0295 e. The molecule has 0 amide bonds. The van der Waals surface area contributed by atoms with Gasteiger partial charge in [0.15, 0.2) is 0 Å². The molecule has 0 saturated carbocycles. The number of fused-ring (bicyclic) bond motifs is 3. The van der Waals surface area contributed by atoms with Crippen LogP contribution in [0.25, 0.3) is 0 Å². The monoisotopic (exact) mass is 456 g/mol. The molecular weight excluding hydrogens is 427 g/mol. The maximum Gasteiger partial charge on any atom is 0.0295 e. The van der Waals surface area contributed by atoms with Crippen LogP contribution in [0.4, 0.5) is 0 Å². The molecule has 0 aromatic carbocycles. The fraction of sp³-hybridized carbons (Fsp3) is 0.520. The van der Waals surface area contributed by atoms with Crippen molar-refractivity contribution < 1.29 is 0 Å². The van der Waals surface area contributed by atoms with Gasteiger partial charge in [0.25, 0.3) is 0 Å². The highest BCUT2D eigenvalue weighted by Crippen LogP contribution is 2.57. The maximum atomic E-state index is 2.58. The van der Waals surface area contributed by atoms with E-state index in [2.05, 4.69) is 85.0 Å². The topological polar surface area (TPSA) is 0 Å². The molecule has 5 atom stereocenters. The fourth-order valence-electron chi connectivity index (χ4n) is 6.05. The molecule has 0 aliphatic heterocycles. The van der Waals surface area contributed by atoms with Crippen LogP contribution in [0.1, 0.15) is 46.0 Å². The van der Waals surface area contributed by atoms with Crippen molar-refractivity contribution in [1.29, 1.82) is 0 Å². The molecule has 0 N–H and O–H groups in total. The molecule has 0 spiro atoms. The Morgan fingerprint density at radius 2 is 1.81 bits per heavy atom. The van der Waals surface area contributed by atoms with E-state index >= 15 is 0 Å². The zero-order chi connectivity index (χ0) is 17.9. The van der Waals surface area contributed by atoms with Crippen molar-refractivity contribution in [1.82, 2.24) is 0 Å². The summed E-state index contributed by atoms with van der Waals surface area (Å²) in [4.78, 5) is 0. The normalized spacial score (nSPS) is 39.9. The van der Waals surface area contributed by atoms with Crippen LogP contribution in [0.15, 0.2) is 70.9 Å². The van der Waals surface area contributed by atoms with Crippen molar-refractivity contribution in [3.05, 3.63) is 70.9 Å². The van der Waals surface area contributed by atoms with Crippen LogP contribution in [-0.2, 0) is 0 Å². The quantitative estimate of drug-likeness (QED) is 0.224. The van der Waals surface area contributed by atoms with Gasteiger partial charge >= 0.3 is 0 Å². The average molecular weight is 456 g/mol. The van der Waals surface area contributed by atoms with E-state index in [1.165, 1.54) is 32.1 Å². The summed E-state index contributed by atoms with van der Waals surface area (Å²) in [6.07, 6.45) is 26.1. The lowest BCUT2D eigenvalue weighted by Gasteiger charge is -2.38. The Balaban J connectivity index is 1.42. The number of alkyl halides is 1. The van der Waals surface area contributed by atoms with Gasteiger partial charge in [-0.05, 0) is 72.3 Å². The first-order valence-corrected chi connectivity index (χ1v) is 11.6. The third kappa shape index (κ3) is 2.68. The maximum absolute atomic E-state index is 2.58. The minimum Gasteiger partial charge on any atom is -0.0842 e. The van der Waals surface area contributed by atoms with E-state index < -0.39 is 0 Å². The second-order valence-electron chi connectivity index (χ2n) is 9.37. The van der Waals surface area contributed by atoms with Crippen molar-refractivity contribution in [2.45, 2.75) is 49.9 Å². The zero-order valence-corrected chi connectivity index (χ0v) is 18.1. The van der Waals surface area contributed by atoms with Crippen molar-refractivity contribution in [2.24, 2.45) is 29.1 Å². The Bertz CT molecular complexity index is 798. The zero-order valence-electron chi connectivity index (χ0n) is 15.9. The van der Waals surface area contributed by atoms with E-state index in [9.17, 15) is 0 Å². The van der Waals surface area contributed by atoms with Gasteiger partial charge in [0.2, 0.25) is 0 Å². The lowest BCUT2D eigenvalue weighted by Crippen LogP contribution is -2.28. The van der Waals surface area contributed by atoms with Crippen molar-refractivity contribution >= 4 is 22.6 Å². The van der Waals surface area contributed by atoms with Gasteiger partial charge in [-0.2, -0.15) is 0 Å². The van der Waals surface area contributed by atoms with Crippen LogP contribution in [-0.4, -0.2) is 3.92 Å². The third-order valence-corrected chi connectivity index (χ3v) is 8.55. The Labute approximate surface area is 172 Å². The van der Waals surface area contributed by atoms with Gasteiger partial charge in [0.1, 0.15) is 0 Å². The van der Waals surface area contributed by atoms with Crippen molar-refractivity contribution in [3.63, 3.8) is 0 Å². The van der Waals surface area contributed by atoms with Crippen LogP contribution in [0.3, 0.4) is 0 Å². The lowest BCUT2D eigenvalue weighted by molar-refractivity contribution is 0.301. The van der Waals surface area contributed by atoms with Crippen LogP contribution >= 0.6 is 22.6 Å². The molecule has 0 nitrogen and oxygen atoms in total. The van der Waals surface area contributed by atoms with E-state index in [-0.39, 0.29) is 0 Å². The van der Waals surface area contributed by atoms with E-state index in [4.69, 9.17) is 0 Å². The van der Waals surface area contributed by atoms with Crippen molar-refractivity contribution in [3.8, 4) is 0 Å². The van der Waals surface area contributed by atoms with Gasteiger partial charge in [-0.1, -0.05) is 96.2 Å². The summed E-state index contributed by atoms with van der Waals surface area (Å²) in [5, 5.41) is 0. The largest absolute Gasteiger partial charge is 0.0842 e. The van der Waals surface area contributed by atoms with E-state index in [0.29, 0.717) is 17.3 Å². The van der Waals surface area contributed by atoms with Crippen LogP contribution in [0.5, 0.6) is 0 Å². The molecule has 5 unspecified atom stereocenters. The number of halogens is 1. The molecule has 0 heterocycles. The molecule has 0 saturated heterocycles. The number of allylic oxidation sites excluding steroid dienone is 12. The predicted octanol–water partition coefficient (Wildman–Crippen LogP) is 7.12. The summed E-state index contributed by atoms with van der Waals surface area (Å²) < 4.78 is 0.721. The highest BCUT2D eigenvalue weighted by atomic mass is 127. The Morgan fingerprint density at radius 3 is 2.69 bits per heavy atom. The van der Waals surface area contributed by atoms with Gasteiger partial charge < -0.3 is 0 Å². The summed E-state index contributed by atoms with van der Waals surface area (Å²) >= 11 is 2.58. The second-order valence-corrected chi connectivity index (χ2v) is 11.0. The van der Waals surface area contributed by atoms with Crippen LogP contribution in [0.2, 0.25) is 0 Å². The molecule has 5 aliphatic carbocycles.